The van der Waals surface area contributed by atoms with E-state index in [1.165, 1.54) is 5.57 Å². The number of amides is 1. The number of hydrogen-bond donors (Lipinski definition) is 1. The highest BCUT2D eigenvalue weighted by Crippen LogP contribution is 2.26. The molecule has 0 saturated heterocycles. The molecule has 1 aliphatic heterocycles. The molecule has 92 valence electrons. The topological polar surface area (TPSA) is 109 Å². The summed E-state index contributed by atoms with van der Waals surface area (Å²) in [5, 5.41) is 0. The van der Waals surface area contributed by atoms with Crippen LogP contribution in [0.25, 0.3) is 0 Å². The fraction of sp³-hybridized carbons (Fsp3) is 0.545. The molecule has 6 N–H and O–H groups in total. The van der Waals surface area contributed by atoms with Crippen molar-refractivity contribution < 1.29 is 15.7 Å². The monoisotopic (exact) mass is 228 g/mol. The minimum atomic E-state index is -0.436. The lowest BCUT2D eigenvalue weighted by Gasteiger charge is -2.18. The second-order valence-corrected chi connectivity index (χ2v) is 3.99. The number of allylic oxidation sites excluding steroid dienone is 1. The van der Waals surface area contributed by atoms with Crippen LogP contribution in [-0.4, -0.2) is 41.4 Å². The third-order valence-electron chi connectivity index (χ3n) is 3.04. The first-order valence-electron chi connectivity index (χ1n) is 5.09. The summed E-state index contributed by atoms with van der Waals surface area (Å²) in [6.07, 6.45) is 7.28. The molecule has 2 rings (SSSR count). The van der Waals surface area contributed by atoms with Crippen LogP contribution in [0.4, 0.5) is 0 Å². The van der Waals surface area contributed by atoms with Crippen LogP contribution in [0.3, 0.4) is 0 Å². The van der Waals surface area contributed by atoms with E-state index in [9.17, 15) is 4.79 Å². The Labute approximate surface area is 95.2 Å². The van der Waals surface area contributed by atoms with E-state index in [2.05, 4.69) is 6.08 Å². The van der Waals surface area contributed by atoms with Crippen LogP contribution in [-0.2, 0) is 4.79 Å². The van der Waals surface area contributed by atoms with Gasteiger partial charge in [-0.15, -0.1) is 0 Å². The van der Waals surface area contributed by atoms with Gasteiger partial charge in [0.1, 0.15) is 6.04 Å². The first-order chi connectivity index (χ1) is 6.70. The zero-order valence-corrected chi connectivity index (χ0v) is 9.49. The van der Waals surface area contributed by atoms with Crippen LogP contribution in [0, 0.1) is 0 Å². The first-order valence-corrected chi connectivity index (χ1v) is 5.09. The molecule has 0 aromatic heterocycles. The maximum Gasteiger partial charge on any atom is 0.243 e. The smallest absolute Gasteiger partial charge is 0.243 e. The van der Waals surface area contributed by atoms with Crippen molar-refractivity contribution in [1.82, 2.24) is 4.90 Å². The molecule has 1 atom stereocenters. The molecule has 1 unspecified atom stereocenters. The van der Waals surface area contributed by atoms with E-state index >= 15 is 0 Å². The fourth-order valence-corrected chi connectivity index (χ4v) is 2.11. The summed E-state index contributed by atoms with van der Waals surface area (Å²) in [6.45, 7) is 0.805. The summed E-state index contributed by atoms with van der Waals surface area (Å²) in [5.74, 6) is 0.0431. The Hall–Kier alpha value is -1.17. The van der Waals surface area contributed by atoms with Crippen molar-refractivity contribution in [1.29, 1.82) is 0 Å². The third kappa shape index (κ3) is 2.49. The highest BCUT2D eigenvalue weighted by Gasteiger charge is 2.27. The summed E-state index contributed by atoms with van der Waals surface area (Å²) in [7, 11) is 1.82. The van der Waals surface area contributed by atoms with Crippen LogP contribution >= 0.6 is 0 Å². The first kappa shape index (κ1) is 14.8. The number of nitrogens with zero attached hydrogens (tertiary/aromatic N) is 1. The van der Waals surface area contributed by atoms with Gasteiger partial charge in [-0.05, 0) is 24.8 Å². The normalized spacial score (nSPS) is 24.2. The Balaban J connectivity index is 0.00000112. The van der Waals surface area contributed by atoms with Gasteiger partial charge < -0.3 is 21.6 Å². The fourth-order valence-electron chi connectivity index (χ4n) is 2.11. The van der Waals surface area contributed by atoms with Gasteiger partial charge in [-0.1, -0.05) is 17.7 Å². The lowest BCUT2D eigenvalue weighted by molar-refractivity contribution is -0.130. The average molecular weight is 228 g/mol. The number of hydrogen-bond acceptors (Lipinski definition) is 2. The van der Waals surface area contributed by atoms with Gasteiger partial charge in [-0.3, -0.25) is 4.79 Å². The maximum absolute atomic E-state index is 11.7. The number of likely N-dealkylation sites (N-methyl/N-ethyl adjacent to an activating group) is 1. The van der Waals surface area contributed by atoms with Gasteiger partial charge in [-0.2, -0.15) is 0 Å². The highest BCUT2D eigenvalue weighted by atomic mass is 16.2. The van der Waals surface area contributed by atoms with E-state index in [0.717, 1.165) is 31.4 Å². The Kier molecular flexibility index (Phi) is 5.37. The van der Waals surface area contributed by atoms with E-state index < -0.39 is 6.04 Å². The van der Waals surface area contributed by atoms with Crippen molar-refractivity contribution in [3.8, 4) is 0 Å². The molecule has 5 nitrogen and oxygen atoms in total. The van der Waals surface area contributed by atoms with Crippen LogP contribution in [0.15, 0.2) is 23.3 Å². The van der Waals surface area contributed by atoms with Crippen LogP contribution in [0.2, 0.25) is 0 Å². The predicted molar refractivity (Wildman–Crippen MR) is 62.9 cm³/mol. The van der Waals surface area contributed by atoms with E-state index in [1.807, 2.05) is 13.1 Å². The molecule has 0 fully saturated rings. The summed E-state index contributed by atoms with van der Waals surface area (Å²) < 4.78 is 0. The Morgan fingerprint density at radius 1 is 1.38 bits per heavy atom. The third-order valence-corrected chi connectivity index (χ3v) is 3.04. The van der Waals surface area contributed by atoms with Crippen molar-refractivity contribution in [3.05, 3.63) is 23.3 Å². The molecular weight excluding hydrogens is 208 g/mol. The molecule has 16 heavy (non-hydrogen) atoms. The largest absolute Gasteiger partial charge is 0.412 e. The minimum absolute atomic E-state index is 0. The van der Waals surface area contributed by atoms with Gasteiger partial charge in [0.05, 0.1) is 0 Å². The number of nitrogens with two attached hydrogens (primary N) is 1. The second kappa shape index (κ2) is 5.79. The molecule has 0 spiro atoms. The molecule has 0 aromatic carbocycles. The summed E-state index contributed by atoms with van der Waals surface area (Å²) in [5.41, 5.74) is 8.36. The minimum Gasteiger partial charge on any atom is -0.412 e. The lowest BCUT2D eigenvalue weighted by atomic mass is 9.92. The van der Waals surface area contributed by atoms with E-state index in [4.69, 9.17) is 5.73 Å². The van der Waals surface area contributed by atoms with Crippen LogP contribution < -0.4 is 5.73 Å². The zero-order valence-electron chi connectivity index (χ0n) is 9.49. The molecule has 0 saturated carbocycles. The van der Waals surface area contributed by atoms with Crippen molar-refractivity contribution in [2.75, 3.05) is 13.6 Å². The average Bonchev–Trinajstić information content (AvgIpc) is 2.32. The highest BCUT2D eigenvalue weighted by molar-refractivity contribution is 5.86. The standard InChI is InChI=1S/C11H16N2O.2H2O/c1-13-7-6-8-4-2-3-5-9(8)10(12)11(13)14;;/h3,5,10H,2,4,6-7,12H2,1H3;2*1H2. The molecule has 1 aliphatic carbocycles. The van der Waals surface area contributed by atoms with Gasteiger partial charge in [0.25, 0.3) is 0 Å². The maximum atomic E-state index is 11.7. The van der Waals surface area contributed by atoms with E-state index in [1.54, 1.807) is 4.90 Å². The molecular formula is C11H20N2O3. The number of rotatable bonds is 0. The molecule has 1 heterocycles. The van der Waals surface area contributed by atoms with E-state index in [-0.39, 0.29) is 16.9 Å². The Morgan fingerprint density at radius 2 is 2.06 bits per heavy atom. The summed E-state index contributed by atoms with van der Waals surface area (Å²) in [6, 6.07) is -0.436. The van der Waals surface area contributed by atoms with Crippen LogP contribution in [0.5, 0.6) is 0 Å². The van der Waals surface area contributed by atoms with E-state index in [0.29, 0.717) is 0 Å². The molecule has 0 aromatic rings. The Morgan fingerprint density at radius 3 is 2.75 bits per heavy atom. The number of carbonyl (C=O) groups excluding carboxylic acids is 1. The van der Waals surface area contributed by atoms with Crippen LogP contribution in [0.1, 0.15) is 19.3 Å². The zero-order chi connectivity index (χ0) is 10.1. The molecule has 1 amide bonds. The quantitative estimate of drug-likeness (QED) is 0.584. The van der Waals surface area contributed by atoms with Crippen molar-refractivity contribution >= 4 is 5.91 Å². The summed E-state index contributed by atoms with van der Waals surface area (Å²) in [4.78, 5) is 13.5. The molecule has 0 bridgehead atoms. The van der Waals surface area contributed by atoms with Gasteiger partial charge in [0.2, 0.25) is 5.91 Å². The van der Waals surface area contributed by atoms with Gasteiger partial charge in [0.15, 0.2) is 0 Å². The summed E-state index contributed by atoms with van der Waals surface area (Å²) >= 11 is 0. The van der Waals surface area contributed by atoms with Crippen molar-refractivity contribution in [2.45, 2.75) is 25.3 Å². The van der Waals surface area contributed by atoms with Gasteiger partial charge in [0, 0.05) is 13.6 Å². The molecule has 2 aliphatic rings. The SMILES string of the molecule is CN1CCC2=C(C=CCC2)C(N)C1=O.O.O. The van der Waals surface area contributed by atoms with Crippen molar-refractivity contribution in [3.63, 3.8) is 0 Å². The van der Waals surface area contributed by atoms with Crippen molar-refractivity contribution in [2.24, 2.45) is 5.73 Å². The van der Waals surface area contributed by atoms with Gasteiger partial charge >= 0.3 is 0 Å². The predicted octanol–water partition coefficient (Wildman–Crippen LogP) is -0.827. The van der Waals surface area contributed by atoms with Gasteiger partial charge in [-0.25, -0.2) is 0 Å². The number of carbonyl (C=O) groups is 1. The molecule has 5 heteroatoms. The Bertz CT molecular complexity index is 323. The lowest BCUT2D eigenvalue weighted by Crippen LogP contribution is -2.41. The second-order valence-electron chi connectivity index (χ2n) is 3.99. The molecule has 0 radical (unpaired) electrons.